The molecule has 8 heteroatoms. The van der Waals surface area contributed by atoms with Crippen molar-refractivity contribution < 1.29 is 18.1 Å². The van der Waals surface area contributed by atoms with Crippen molar-refractivity contribution in [1.82, 2.24) is 4.98 Å². The number of hydrogen-bond donors (Lipinski definition) is 0. The van der Waals surface area contributed by atoms with Crippen molar-refractivity contribution in [3.63, 3.8) is 0 Å². The summed E-state index contributed by atoms with van der Waals surface area (Å²) in [5.74, 6) is -1.59. The van der Waals surface area contributed by atoms with Crippen molar-refractivity contribution in [2.24, 2.45) is 0 Å². The van der Waals surface area contributed by atoms with Crippen LogP contribution in [0.3, 0.4) is 0 Å². The molecule has 0 unspecified atom stereocenters. The van der Waals surface area contributed by atoms with Crippen LogP contribution in [0.5, 0.6) is 0 Å². The van der Waals surface area contributed by atoms with Crippen molar-refractivity contribution in [3.05, 3.63) is 33.4 Å². The summed E-state index contributed by atoms with van der Waals surface area (Å²) < 4.78 is 37.5. The van der Waals surface area contributed by atoms with Crippen LogP contribution in [0.4, 0.5) is 18.9 Å². The predicted octanol–water partition coefficient (Wildman–Crippen LogP) is 1.94. The van der Waals surface area contributed by atoms with Gasteiger partial charge in [0, 0.05) is 0 Å². The van der Waals surface area contributed by atoms with Gasteiger partial charge in [-0.15, -0.1) is 0 Å². The third-order valence-electron chi connectivity index (χ3n) is 1.54. The number of nitrogens with zero attached hydrogens (tertiary/aromatic N) is 3. The fraction of sp³-hybridized carbons (Fsp3) is 0.143. The predicted molar refractivity (Wildman–Crippen MR) is 40.5 cm³/mol. The smallest absolute Gasteiger partial charge is 0.258 e. The van der Waals surface area contributed by atoms with E-state index in [0.717, 1.165) is 6.07 Å². The molecular formula is C7H2F3N3O2. The molecule has 0 aliphatic carbocycles. The monoisotopic (exact) mass is 217 g/mol. The average molecular weight is 217 g/mol. The Morgan fingerprint density at radius 2 is 2.20 bits per heavy atom. The Kier molecular flexibility index (Phi) is 2.85. The van der Waals surface area contributed by atoms with Crippen LogP contribution in [0.2, 0.25) is 0 Å². The number of nitriles is 1. The molecule has 0 spiro atoms. The van der Waals surface area contributed by atoms with Crippen molar-refractivity contribution in [2.75, 3.05) is 0 Å². The fourth-order valence-electron chi connectivity index (χ4n) is 0.892. The summed E-state index contributed by atoms with van der Waals surface area (Å²) in [6.07, 6.45) is -2.80. The van der Waals surface area contributed by atoms with Crippen LogP contribution in [0.25, 0.3) is 0 Å². The van der Waals surface area contributed by atoms with E-state index in [9.17, 15) is 23.3 Å². The zero-order chi connectivity index (χ0) is 11.6. The maximum atomic E-state index is 13.1. The fourth-order valence-corrected chi connectivity index (χ4v) is 0.892. The Morgan fingerprint density at radius 3 is 2.60 bits per heavy atom. The van der Waals surface area contributed by atoms with Gasteiger partial charge in [0.15, 0.2) is 0 Å². The molecule has 5 nitrogen and oxygen atoms in total. The van der Waals surface area contributed by atoms with Gasteiger partial charge in [-0.1, -0.05) is 0 Å². The van der Waals surface area contributed by atoms with E-state index < -0.39 is 34.1 Å². The van der Waals surface area contributed by atoms with Crippen LogP contribution in [-0.2, 0) is 0 Å². The van der Waals surface area contributed by atoms with Crippen LogP contribution >= 0.6 is 0 Å². The molecule has 78 valence electrons. The summed E-state index contributed by atoms with van der Waals surface area (Å²) in [5, 5.41) is 18.6. The van der Waals surface area contributed by atoms with Gasteiger partial charge in [0.25, 0.3) is 6.43 Å². The molecule has 1 aromatic rings. The molecule has 0 bridgehead atoms. The summed E-state index contributed by atoms with van der Waals surface area (Å²) in [6, 6.07) is 1.12. The summed E-state index contributed by atoms with van der Waals surface area (Å²) in [4.78, 5) is 12.0. The number of aromatic nitrogens is 1. The molecule has 1 heterocycles. The van der Waals surface area contributed by atoms with Crippen LogP contribution in [0.1, 0.15) is 17.7 Å². The van der Waals surface area contributed by atoms with Crippen LogP contribution in [0.15, 0.2) is 6.20 Å². The molecule has 0 amide bonds. The minimum Gasteiger partial charge on any atom is -0.258 e. The maximum absolute atomic E-state index is 13.1. The van der Waals surface area contributed by atoms with Gasteiger partial charge in [0.1, 0.15) is 23.5 Å². The Hall–Kier alpha value is -2.17. The molecule has 15 heavy (non-hydrogen) atoms. The zero-order valence-electron chi connectivity index (χ0n) is 6.95. The van der Waals surface area contributed by atoms with E-state index in [1.807, 2.05) is 0 Å². The highest BCUT2D eigenvalue weighted by Crippen LogP contribution is 2.26. The first-order valence-electron chi connectivity index (χ1n) is 3.50. The van der Waals surface area contributed by atoms with Gasteiger partial charge in [0.05, 0.1) is 4.92 Å². The molecule has 0 N–H and O–H groups in total. The number of alkyl halides is 2. The molecule has 0 saturated carbocycles. The van der Waals surface area contributed by atoms with Crippen LogP contribution in [0, 0.1) is 27.3 Å². The molecule has 0 aromatic carbocycles. The van der Waals surface area contributed by atoms with Crippen molar-refractivity contribution in [3.8, 4) is 6.07 Å². The van der Waals surface area contributed by atoms with E-state index in [4.69, 9.17) is 5.26 Å². The van der Waals surface area contributed by atoms with Crippen LogP contribution in [-0.4, -0.2) is 9.91 Å². The lowest BCUT2D eigenvalue weighted by molar-refractivity contribution is -0.387. The van der Waals surface area contributed by atoms with E-state index >= 15 is 0 Å². The Balaban J connectivity index is 3.48. The topological polar surface area (TPSA) is 79.8 Å². The third-order valence-corrected chi connectivity index (χ3v) is 1.54. The average Bonchev–Trinajstić information content (AvgIpc) is 2.16. The normalized spacial score (nSPS) is 10.1. The van der Waals surface area contributed by atoms with Gasteiger partial charge in [-0.2, -0.15) is 9.65 Å². The third kappa shape index (κ3) is 1.85. The second-order valence-electron chi connectivity index (χ2n) is 2.39. The first-order chi connectivity index (χ1) is 6.99. The summed E-state index contributed by atoms with van der Waals surface area (Å²) >= 11 is 0. The van der Waals surface area contributed by atoms with Gasteiger partial charge in [-0.3, -0.25) is 10.1 Å². The van der Waals surface area contributed by atoms with Gasteiger partial charge >= 0.3 is 5.69 Å². The number of pyridine rings is 1. The summed E-state index contributed by atoms with van der Waals surface area (Å²) in [5.41, 5.74) is -3.30. The van der Waals surface area contributed by atoms with Crippen molar-refractivity contribution >= 4 is 5.69 Å². The highest BCUT2D eigenvalue weighted by Gasteiger charge is 2.26. The van der Waals surface area contributed by atoms with E-state index in [2.05, 4.69) is 4.98 Å². The van der Waals surface area contributed by atoms with Gasteiger partial charge in [0.2, 0.25) is 5.82 Å². The molecule has 0 aliphatic rings. The first-order valence-corrected chi connectivity index (χ1v) is 3.50. The highest BCUT2D eigenvalue weighted by atomic mass is 19.3. The van der Waals surface area contributed by atoms with Crippen molar-refractivity contribution in [1.29, 1.82) is 5.26 Å². The van der Waals surface area contributed by atoms with E-state index in [1.54, 1.807) is 0 Å². The number of nitro groups is 1. The zero-order valence-corrected chi connectivity index (χ0v) is 6.95. The Labute approximate surface area is 80.9 Å². The molecule has 0 atom stereocenters. The largest absolute Gasteiger partial charge is 0.324 e. The quantitative estimate of drug-likeness (QED) is 0.560. The molecule has 1 rings (SSSR count). The highest BCUT2D eigenvalue weighted by molar-refractivity contribution is 5.44. The molecule has 0 fully saturated rings. The van der Waals surface area contributed by atoms with Crippen molar-refractivity contribution in [2.45, 2.75) is 6.43 Å². The van der Waals surface area contributed by atoms with Crippen LogP contribution < -0.4 is 0 Å². The first kappa shape index (κ1) is 10.9. The number of halogens is 3. The SMILES string of the molecule is N#Cc1c(C(F)F)ncc([N+](=O)[O-])c1F. The standard InChI is InChI=1S/C7H2F3N3O2/c8-5-3(1-11)6(7(9)10)12-2-4(5)13(14)15/h2,7H. The van der Waals surface area contributed by atoms with E-state index in [-0.39, 0.29) is 0 Å². The lowest BCUT2D eigenvalue weighted by Crippen LogP contribution is -2.03. The Bertz CT molecular complexity index is 456. The molecule has 0 aliphatic heterocycles. The lowest BCUT2D eigenvalue weighted by atomic mass is 10.2. The van der Waals surface area contributed by atoms with Gasteiger partial charge in [-0.25, -0.2) is 13.8 Å². The summed E-state index contributed by atoms with van der Waals surface area (Å²) in [6.45, 7) is 0. The minimum atomic E-state index is -3.16. The minimum absolute atomic E-state index is 0.359. The van der Waals surface area contributed by atoms with E-state index in [1.165, 1.54) is 0 Å². The second-order valence-corrected chi connectivity index (χ2v) is 2.39. The number of hydrogen-bond acceptors (Lipinski definition) is 4. The molecule has 1 aromatic heterocycles. The Morgan fingerprint density at radius 1 is 1.60 bits per heavy atom. The number of rotatable bonds is 2. The lowest BCUT2D eigenvalue weighted by Gasteiger charge is -2.02. The maximum Gasteiger partial charge on any atom is 0.324 e. The second kappa shape index (κ2) is 3.91. The summed E-state index contributed by atoms with van der Waals surface area (Å²) in [7, 11) is 0. The van der Waals surface area contributed by atoms with Gasteiger partial charge < -0.3 is 0 Å². The van der Waals surface area contributed by atoms with E-state index in [0.29, 0.717) is 6.20 Å². The molecule has 0 saturated heterocycles. The molecular weight excluding hydrogens is 215 g/mol. The molecule has 0 radical (unpaired) electrons. The van der Waals surface area contributed by atoms with Gasteiger partial charge in [-0.05, 0) is 0 Å².